The molecule has 4 nitrogen and oxygen atoms in total. The van der Waals surface area contributed by atoms with E-state index in [1.54, 1.807) is 0 Å². The Bertz CT molecular complexity index is 146. The molecule has 1 rings (SSSR count). The predicted molar refractivity (Wildman–Crippen MR) is 37.9 cm³/mol. The van der Waals surface area contributed by atoms with Crippen molar-refractivity contribution < 1.29 is 4.79 Å². The largest absolute Gasteiger partial charge is 0.279 e. The molecule has 4 N–H and O–H groups in total. The molecule has 0 bridgehead atoms. The zero-order chi connectivity index (χ0) is 7.61. The molecule has 58 valence electrons. The summed E-state index contributed by atoms with van der Waals surface area (Å²) in [5, 5.41) is -0.364. The SMILES string of the molecule is NNNC1(C(=O)Cl)CCC1. The fourth-order valence-corrected chi connectivity index (χ4v) is 1.28. The van der Waals surface area contributed by atoms with Crippen LogP contribution in [0.1, 0.15) is 19.3 Å². The van der Waals surface area contributed by atoms with Gasteiger partial charge in [0.15, 0.2) is 0 Å². The van der Waals surface area contributed by atoms with Gasteiger partial charge >= 0.3 is 0 Å². The average Bonchev–Trinajstić information content (AvgIpc) is 1.77. The van der Waals surface area contributed by atoms with E-state index in [1.807, 2.05) is 0 Å². The molecule has 0 spiro atoms. The molecular formula is C5H10ClN3O. The standard InChI is InChI=1S/C5H10ClN3O/c6-4(10)5(8-9-7)2-1-3-5/h8-9H,1-3,7H2. The minimum absolute atomic E-state index is 0.364. The first-order valence-corrected chi connectivity index (χ1v) is 3.52. The van der Waals surface area contributed by atoms with Gasteiger partial charge < -0.3 is 0 Å². The normalized spacial score (nSPS) is 21.8. The van der Waals surface area contributed by atoms with E-state index >= 15 is 0 Å². The maximum atomic E-state index is 10.7. The van der Waals surface area contributed by atoms with Gasteiger partial charge in [0.25, 0.3) is 0 Å². The van der Waals surface area contributed by atoms with Crippen molar-refractivity contribution in [2.75, 3.05) is 0 Å². The summed E-state index contributed by atoms with van der Waals surface area (Å²) in [6.07, 6.45) is 2.55. The van der Waals surface area contributed by atoms with Crippen molar-refractivity contribution in [2.24, 2.45) is 5.84 Å². The number of hydrazine groups is 2. The summed E-state index contributed by atoms with van der Waals surface area (Å²) in [6.45, 7) is 0. The highest BCUT2D eigenvalue weighted by Crippen LogP contribution is 2.32. The van der Waals surface area contributed by atoms with Gasteiger partial charge in [0.1, 0.15) is 5.54 Å². The zero-order valence-corrected chi connectivity index (χ0v) is 6.24. The number of nitrogens with one attached hydrogen (secondary N) is 2. The Labute approximate surface area is 64.0 Å². The Morgan fingerprint density at radius 3 is 2.30 bits per heavy atom. The lowest BCUT2D eigenvalue weighted by Gasteiger charge is -2.38. The minimum atomic E-state index is -0.587. The molecule has 1 fully saturated rings. The molecule has 0 atom stereocenters. The van der Waals surface area contributed by atoms with Crippen LogP contribution in [0.4, 0.5) is 0 Å². The van der Waals surface area contributed by atoms with Crippen LogP contribution in [-0.4, -0.2) is 10.8 Å². The molecule has 1 aliphatic rings. The van der Waals surface area contributed by atoms with Crippen LogP contribution < -0.4 is 16.8 Å². The Hall–Kier alpha value is -0.160. The van der Waals surface area contributed by atoms with Crippen LogP contribution in [0.5, 0.6) is 0 Å². The summed E-state index contributed by atoms with van der Waals surface area (Å²) in [7, 11) is 0. The molecule has 1 aliphatic carbocycles. The number of hydrogen-bond donors (Lipinski definition) is 3. The van der Waals surface area contributed by atoms with Crippen molar-refractivity contribution in [3.8, 4) is 0 Å². The Balaban J connectivity index is 2.50. The van der Waals surface area contributed by atoms with Crippen molar-refractivity contribution in [1.82, 2.24) is 11.0 Å². The van der Waals surface area contributed by atoms with Crippen LogP contribution >= 0.6 is 11.6 Å². The third kappa shape index (κ3) is 1.15. The minimum Gasteiger partial charge on any atom is -0.279 e. The van der Waals surface area contributed by atoms with Gasteiger partial charge in [-0.15, -0.1) is 0 Å². The van der Waals surface area contributed by atoms with Gasteiger partial charge in [-0.25, -0.2) is 5.43 Å². The number of carbonyl (C=O) groups excluding carboxylic acids is 1. The van der Waals surface area contributed by atoms with Crippen LogP contribution in [0, 0.1) is 0 Å². The molecular weight excluding hydrogens is 154 g/mol. The third-order valence-electron chi connectivity index (χ3n) is 1.89. The van der Waals surface area contributed by atoms with E-state index in [4.69, 9.17) is 17.4 Å². The Kier molecular flexibility index (Phi) is 2.25. The van der Waals surface area contributed by atoms with E-state index in [2.05, 4.69) is 11.0 Å². The lowest BCUT2D eigenvalue weighted by Crippen LogP contribution is -2.62. The Morgan fingerprint density at radius 2 is 2.20 bits per heavy atom. The zero-order valence-electron chi connectivity index (χ0n) is 5.48. The third-order valence-corrected chi connectivity index (χ3v) is 2.26. The summed E-state index contributed by atoms with van der Waals surface area (Å²) >= 11 is 5.32. The fourth-order valence-electron chi connectivity index (χ4n) is 1.04. The number of nitrogens with two attached hydrogens (primary N) is 1. The molecule has 0 aliphatic heterocycles. The summed E-state index contributed by atoms with van der Waals surface area (Å²) < 4.78 is 0. The van der Waals surface area contributed by atoms with Crippen LogP contribution in [0.15, 0.2) is 0 Å². The van der Waals surface area contributed by atoms with Gasteiger partial charge in [0.05, 0.1) is 0 Å². The molecule has 0 aromatic heterocycles. The van der Waals surface area contributed by atoms with Crippen LogP contribution in [0.25, 0.3) is 0 Å². The fraction of sp³-hybridized carbons (Fsp3) is 0.800. The molecule has 0 unspecified atom stereocenters. The second kappa shape index (κ2) is 2.84. The lowest BCUT2D eigenvalue weighted by molar-refractivity contribution is -0.121. The van der Waals surface area contributed by atoms with Crippen LogP contribution in [-0.2, 0) is 4.79 Å². The van der Waals surface area contributed by atoms with E-state index < -0.39 is 5.54 Å². The molecule has 10 heavy (non-hydrogen) atoms. The van der Waals surface area contributed by atoms with E-state index in [0.717, 1.165) is 19.3 Å². The Morgan fingerprint density at radius 1 is 1.60 bits per heavy atom. The molecule has 0 saturated heterocycles. The second-order valence-electron chi connectivity index (χ2n) is 2.48. The quantitative estimate of drug-likeness (QED) is 0.302. The highest BCUT2D eigenvalue weighted by Gasteiger charge is 2.42. The van der Waals surface area contributed by atoms with Crippen LogP contribution in [0.2, 0.25) is 0 Å². The average molecular weight is 164 g/mol. The summed E-state index contributed by atoms with van der Waals surface area (Å²) in [5.41, 5.74) is 4.29. The van der Waals surface area contributed by atoms with Gasteiger partial charge in [-0.3, -0.25) is 10.6 Å². The molecule has 5 heteroatoms. The molecule has 0 amide bonds. The maximum Gasteiger partial charge on any atom is 0.243 e. The molecule has 1 saturated carbocycles. The van der Waals surface area contributed by atoms with E-state index in [9.17, 15) is 4.79 Å². The summed E-state index contributed by atoms with van der Waals surface area (Å²) in [4.78, 5) is 10.7. The number of carbonyl (C=O) groups is 1. The summed E-state index contributed by atoms with van der Waals surface area (Å²) in [6, 6.07) is 0. The highest BCUT2D eigenvalue weighted by atomic mass is 35.5. The number of hydrogen-bond acceptors (Lipinski definition) is 4. The van der Waals surface area contributed by atoms with Crippen molar-refractivity contribution in [3.63, 3.8) is 0 Å². The van der Waals surface area contributed by atoms with Crippen molar-refractivity contribution in [1.29, 1.82) is 0 Å². The van der Waals surface area contributed by atoms with Gasteiger partial charge in [0, 0.05) is 0 Å². The van der Waals surface area contributed by atoms with E-state index in [0.29, 0.717) is 0 Å². The van der Waals surface area contributed by atoms with Gasteiger partial charge in [-0.2, -0.15) is 5.53 Å². The molecule has 0 heterocycles. The van der Waals surface area contributed by atoms with Crippen molar-refractivity contribution in [3.05, 3.63) is 0 Å². The molecule has 0 radical (unpaired) electrons. The number of halogens is 1. The van der Waals surface area contributed by atoms with Gasteiger partial charge in [-0.1, -0.05) is 0 Å². The summed E-state index contributed by atoms with van der Waals surface area (Å²) in [5.74, 6) is 4.99. The van der Waals surface area contributed by atoms with Crippen molar-refractivity contribution in [2.45, 2.75) is 24.8 Å². The predicted octanol–water partition coefficient (Wildman–Crippen LogP) is -0.358. The van der Waals surface area contributed by atoms with Gasteiger partial charge in [0.2, 0.25) is 5.24 Å². The first kappa shape index (κ1) is 7.94. The smallest absolute Gasteiger partial charge is 0.243 e. The lowest BCUT2D eigenvalue weighted by atomic mass is 9.78. The monoisotopic (exact) mass is 163 g/mol. The van der Waals surface area contributed by atoms with E-state index in [-0.39, 0.29) is 5.24 Å². The van der Waals surface area contributed by atoms with Crippen LogP contribution in [0.3, 0.4) is 0 Å². The van der Waals surface area contributed by atoms with E-state index in [1.165, 1.54) is 0 Å². The maximum absolute atomic E-state index is 10.7. The topological polar surface area (TPSA) is 67.2 Å². The van der Waals surface area contributed by atoms with Gasteiger partial charge in [-0.05, 0) is 30.9 Å². The highest BCUT2D eigenvalue weighted by molar-refractivity contribution is 6.65. The molecule has 0 aromatic carbocycles. The number of rotatable bonds is 3. The van der Waals surface area contributed by atoms with Crippen molar-refractivity contribution >= 4 is 16.8 Å². The molecule has 0 aromatic rings. The second-order valence-corrected chi connectivity index (χ2v) is 2.82. The first-order chi connectivity index (χ1) is 4.71. The first-order valence-electron chi connectivity index (χ1n) is 3.14.